The number of thiazole rings is 1. The van der Waals surface area contributed by atoms with Crippen molar-refractivity contribution in [2.45, 2.75) is 0 Å². The zero-order chi connectivity index (χ0) is 10.6. The summed E-state index contributed by atoms with van der Waals surface area (Å²) < 4.78 is 2.08. The molecule has 0 unspecified atom stereocenters. The van der Waals surface area contributed by atoms with Crippen LogP contribution in [0, 0.1) is 19.3 Å². The Hall–Kier alpha value is -0.470. The van der Waals surface area contributed by atoms with Gasteiger partial charge in [0.15, 0.2) is 3.95 Å². The molecule has 0 saturated carbocycles. The summed E-state index contributed by atoms with van der Waals surface area (Å²) in [5.41, 5.74) is 1.14. The van der Waals surface area contributed by atoms with E-state index < -0.39 is 5.09 Å². The molecule has 0 fully saturated rings. The minimum absolute atomic E-state index is 0. The van der Waals surface area contributed by atoms with E-state index in [1.165, 1.54) is 4.70 Å². The Morgan fingerprint density at radius 1 is 1.33 bits per heavy atom. The number of para-hydroxylation sites is 1. The monoisotopic (exact) mass is 252 g/mol. The molecule has 8 heteroatoms. The normalized spacial score (nSPS) is 8.53. The average Bonchev–Trinajstić information content (AvgIpc) is 2.42. The molecule has 1 heterocycles. The summed E-state index contributed by atoms with van der Waals surface area (Å²) in [6, 6.07) is 8.11. The molecule has 0 aliphatic carbocycles. The first kappa shape index (κ1) is 14.5. The van der Waals surface area contributed by atoms with Crippen LogP contribution in [-0.2, 0) is 0 Å². The maximum Gasteiger partial charge on any atom is 1.00 e. The minimum atomic E-state index is -1.75. The van der Waals surface area contributed by atoms with Crippen molar-refractivity contribution in [1.82, 2.24) is 4.98 Å². The van der Waals surface area contributed by atoms with Gasteiger partial charge in [0.1, 0.15) is 0 Å². The molecule has 2 rings (SSSR count). The summed E-state index contributed by atoms with van der Waals surface area (Å²) in [6.07, 6.45) is 0. The van der Waals surface area contributed by atoms with Gasteiger partial charge in [0.2, 0.25) is 0 Å². The molecule has 0 bridgehead atoms. The van der Waals surface area contributed by atoms with Crippen LogP contribution in [0.1, 0.15) is 0 Å². The molecule has 1 aromatic heterocycles. The predicted octanol–water partition coefficient (Wildman–Crippen LogP) is -0.276. The first-order valence-electron chi connectivity index (χ1n) is 3.49. The van der Waals surface area contributed by atoms with Gasteiger partial charge in [-0.3, -0.25) is 0 Å². The van der Waals surface area contributed by atoms with Gasteiger partial charge in [0.05, 0.1) is 15.3 Å². The third-order valence-corrected chi connectivity index (χ3v) is 2.54. The van der Waals surface area contributed by atoms with E-state index in [9.17, 15) is 0 Å². The van der Waals surface area contributed by atoms with Crippen molar-refractivity contribution in [2.75, 3.05) is 0 Å². The maximum absolute atomic E-state index is 8.25. The number of benzene rings is 1. The van der Waals surface area contributed by atoms with Crippen LogP contribution in [0.2, 0.25) is 0 Å². The number of rotatable bonds is 0. The van der Waals surface area contributed by atoms with Gasteiger partial charge in [-0.05, 0) is 24.4 Å². The Morgan fingerprint density at radius 2 is 1.87 bits per heavy atom. The Kier molecular flexibility index (Phi) is 6.70. The molecule has 0 atom stereocenters. The number of hydrogen-bond acceptors (Lipinski definition) is 5. The van der Waals surface area contributed by atoms with E-state index in [1.807, 2.05) is 18.2 Å². The van der Waals surface area contributed by atoms with Crippen molar-refractivity contribution in [2.24, 2.45) is 0 Å². The van der Waals surface area contributed by atoms with Crippen LogP contribution in [0.3, 0.4) is 0 Å². The summed E-state index contributed by atoms with van der Waals surface area (Å²) in [5, 5.41) is 14.8. The van der Waals surface area contributed by atoms with Crippen molar-refractivity contribution in [1.29, 1.82) is 0 Å². The van der Waals surface area contributed by atoms with E-state index in [0.29, 0.717) is 0 Å². The van der Waals surface area contributed by atoms with Gasteiger partial charge in [0, 0.05) is 0 Å². The van der Waals surface area contributed by atoms with E-state index in [0.717, 1.165) is 9.47 Å². The summed E-state index contributed by atoms with van der Waals surface area (Å²) in [5.74, 6) is 0. The van der Waals surface area contributed by atoms with Crippen molar-refractivity contribution < 1.29 is 34.6 Å². The number of H-pyrrole nitrogens is 1. The molecule has 2 aromatic rings. The number of nitrogens with one attached hydrogen (secondary N) is 1. The van der Waals surface area contributed by atoms with Crippen LogP contribution in [0.4, 0.5) is 0 Å². The fourth-order valence-electron chi connectivity index (χ4n) is 0.894. The molecule has 0 aliphatic heterocycles. The maximum atomic E-state index is 8.25. The zero-order valence-electron chi connectivity index (χ0n) is 7.80. The average molecular weight is 252 g/mol. The van der Waals surface area contributed by atoms with Crippen molar-refractivity contribution in [3.05, 3.63) is 43.5 Å². The number of fused-ring (bicyclic) bond motifs is 1. The van der Waals surface area contributed by atoms with Crippen LogP contribution in [-0.4, -0.2) is 10.1 Å². The van der Waals surface area contributed by atoms with Crippen LogP contribution in [0.25, 0.3) is 10.2 Å². The van der Waals surface area contributed by atoms with E-state index >= 15 is 0 Å². The van der Waals surface area contributed by atoms with Gasteiger partial charge in [-0.25, -0.2) is 0 Å². The van der Waals surface area contributed by atoms with Crippen LogP contribution in [0.5, 0.6) is 0 Å². The Labute approximate surface area is 116 Å². The van der Waals surface area contributed by atoms with Gasteiger partial charge in [-0.15, -0.1) is 11.3 Å². The summed E-state index contributed by atoms with van der Waals surface area (Å²) >= 11 is 6.59. The molecule has 15 heavy (non-hydrogen) atoms. The second-order valence-corrected chi connectivity index (χ2v) is 3.95. The van der Waals surface area contributed by atoms with Gasteiger partial charge in [0.25, 0.3) is 0 Å². The fraction of sp³-hybridized carbons (Fsp3) is 0. The number of hydrogen-bond donors (Lipinski definition) is 1. The number of aromatic amines is 1. The topological polar surface area (TPSA) is 82.0 Å². The number of nitrogens with zero attached hydrogens (tertiary/aromatic N) is 1. The standard InChI is InChI=1S/C7H5NS2.NO3.Na/c9-7-8-5-3-1-2-4-6(5)10-7;2-1(3)4;/h1-4H,(H,8,9);;/q;-1;+1. The van der Waals surface area contributed by atoms with Gasteiger partial charge < -0.3 is 20.3 Å². The largest absolute Gasteiger partial charge is 1.00 e. The molecular formula is C7H5N2NaO3S2. The molecule has 0 saturated heterocycles. The van der Waals surface area contributed by atoms with Crippen LogP contribution in [0.15, 0.2) is 24.3 Å². The van der Waals surface area contributed by atoms with Gasteiger partial charge in [-0.2, -0.15) is 0 Å². The van der Waals surface area contributed by atoms with E-state index in [-0.39, 0.29) is 29.6 Å². The Balaban J connectivity index is 0.000000346. The molecule has 0 radical (unpaired) electrons. The SMILES string of the molecule is O=[N+]([O-])[O-].S=c1[nH]c2ccccc2s1.[Na+]. The Morgan fingerprint density at radius 3 is 2.40 bits per heavy atom. The summed E-state index contributed by atoms with van der Waals surface area (Å²) in [7, 11) is 0. The van der Waals surface area contributed by atoms with Crippen molar-refractivity contribution in [3.63, 3.8) is 0 Å². The molecular weight excluding hydrogens is 247 g/mol. The third-order valence-electron chi connectivity index (χ3n) is 1.33. The zero-order valence-corrected chi connectivity index (χ0v) is 11.4. The second kappa shape index (κ2) is 6.91. The quantitative estimate of drug-likeness (QED) is 0.303. The van der Waals surface area contributed by atoms with E-state index in [1.54, 1.807) is 11.3 Å². The first-order chi connectivity index (χ1) is 6.59. The molecule has 74 valence electrons. The first-order valence-corrected chi connectivity index (χ1v) is 4.71. The van der Waals surface area contributed by atoms with Crippen molar-refractivity contribution in [3.8, 4) is 0 Å². The third kappa shape index (κ3) is 5.24. The molecule has 0 aliphatic rings. The molecule has 1 N–H and O–H groups in total. The second-order valence-electron chi connectivity index (χ2n) is 2.23. The summed E-state index contributed by atoms with van der Waals surface area (Å²) in [4.78, 5) is 11.3. The molecule has 5 nitrogen and oxygen atoms in total. The van der Waals surface area contributed by atoms with Gasteiger partial charge >= 0.3 is 29.6 Å². The number of aromatic nitrogens is 1. The van der Waals surface area contributed by atoms with Crippen molar-refractivity contribution >= 4 is 33.8 Å². The minimum Gasteiger partial charge on any atom is -0.356 e. The van der Waals surface area contributed by atoms with Gasteiger partial charge in [-0.1, -0.05) is 12.1 Å². The molecule has 1 aromatic carbocycles. The van der Waals surface area contributed by atoms with E-state index in [4.69, 9.17) is 27.5 Å². The van der Waals surface area contributed by atoms with Crippen LogP contribution < -0.4 is 29.6 Å². The summed E-state index contributed by atoms with van der Waals surface area (Å²) in [6.45, 7) is 0. The smallest absolute Gasteiger partial charge is 0.356 e. The predicted molar refractivity (Wildman–Crippen MR) is 57.4 cm³/mol. The van der Waals surface area contributed by atoms with E-state index in [2.05, 4.69) is 11.1 Å². The molecule has 0 spiro atoms. The Bertz CT molecular complexity index is 456. The fourth-order valence-corrected chi connectivity index (χ4v) is 2.01. The molecule has 0 amide bonds. The van der Waals surface area contributed by atoms with Crippen LogP contribution >= 0.6 is 23.6 Å².